The van der Waals surface area contributed by atoms with Crippen molar-refractivity contribution in [3.63, 3.8) is 0 Å². The molecule has 0 amide bonds. The first kappa shape index (κ1) is 22.3. The second-order valence-corrected chi connectivity index (χ2v) is 7.89. The molecule has 0 atom stereocenters. The fourth-order valence-electron chi connectivity index (χ4n) is 4.25. The highest BCUT2D eigenvalue weighted by molar-refractivity contribution is 5.80. The van der Waals surface area contributed by atoms with Gasteiger partial charge in [-0.05, 0) is 37.9 Å². The van der Waals surface area contributed by atoms with E-state index in [1.165, 1.54) is 13.2 Å². The van der Waals surface area contributed by atoms with E-state index in [2.05, 4.69) is 25.0 Å². The number of nitrogens with zero attached hydrogens (tertiary/aromatic N) is 4. The molecular formula is C22H34FN5O2. The summed E-state index contributed by atoms with van der Waals surface area (Å²) in [5, 5.41) is 3.45. The van der Waals surface area contributed by atoms with Crippen molar-refractivity contribution < 1.29 is 13.9 Å². The van der Waals surface area contributed by atoms with Gasteiger partial charge in [-0.1, -0.05) is 12.1 Å². The summed E-state index contributed by atoms with van der Waals surface area (Å²) in [5.74, 6) is 0.667. The number of benzene rings is 1. The van der Waals surface area contributed by atoms with Gasteiger partial charge in [-0.2, -0.15) is 0 Å². The predicted molar refractivity (Wildman–Crippen MR) is 117 cm³/mol. The Balaban J connectivity index is 1.33. The van der Waals surface area contributed by atoms with Crippen LogP contribution in [-0.2, 0) is 9.53 Å². The monoisotopic (exact) mass is 419 g/mol. The van der Waals surface area contributed by atoms with Crippen molar-refractivity contribution in [3.8, 4) is 0 Å². The van der Waals surface area contributed by atoms with Gasteiger partial charge >= 0.3 is 5.97 Å². The van der Waals surface area contributed by atoms with Crippen LogP contribution in [0.15, 0.2) is 29.3 Å². The summed E-state index contributed by atoms with van der Waals surface area (Å²) in [6.07, 6.45) is 2.64. The zero-order valence-electron chi connectivity index (χ0n) is 18.1. The van der Waals surface area contributed by atoms with E-state index >= 15 is 0 Å². The number of piperazine rings is 1. The molecule has 166 valence electrons. The normalized spacial score (nSPS) is 19.1. The molecule has 0 bridgehead atoms. The van der Waals surface area contributed by atoms with E-state index in [-0.39, 0.29) is 17.7 Å². The van der Waals surface area contributed by atoms with E-state index in [4.69, 9.17) is 4.74 Å². The minimum Gasteiger partial charge on any atom is -0.469 e. The van der Waals surface area contributed by atoms with Crippen molar-refractivity contribution in [3.05, 3.63) is 30.1 Å². The number of esters is 1. The van der Waals surface area contributed by atoms with Gasteiger partial charge in [0.15, 0.2) is 5.96 Å². The van der Waals surface area contributed by atoms with Crippen molar-refractivity contribution in [1.82, 2.24) is 15.1 Å². The molecule has 30 heavy (non-hydrogen) atoms. The third-order valence-electron chi connectivity index (χ3n) is 6.04. The number of piperidine rings is 1. The fourth-order valence-corrected chi connectivity index (χ4v) is 4.25. The highest BCUT2D eigenvalue weighted by atomic mass is 19.1. The number of rotatable bonds is 6. The number of nitrogens with one attached hydrogen (secondary N) is 1. The van der Waals surface area contributed by atoms with Crippen molar-refractivity contribution in [2.24, 2.45) is 10.9 Å². The van der Waals surface area contributed by atoms with E-state index in [0.717, 1.165) is 77.6 Å². The number of hydrogen-bond acceptors (Lipinski definition) is 5. The minimum absolute atomic E-state index is 0.00684. The van der Waals surface area contributed by atoms with E-state index in [0.29, 0.717) is 5.69 Å². The summed E-state index contributed by atoms with van der Waals surface area (Å²) in [5.41, 5.74) is 0.707. The number of likely N-dealkylation sites (tertiary alicyclic amines) is 1. The van der Waals surface area contributed by atoms with Gasteiger partial charge in [0.2, 0.25) is 0 Å². The Bertz CT molecular complexity index is 713. The van der Waals surface area contributed by atoms with Gasteiger partial charge in [0.25, 0.3) is 0 Å². The molecule has 0 aliphatic carbocycles. The average molecular weight is 420 g/mol. The molecule has 2 saturated heterocycles. The van der Waals surface area contributed by atoms with Gasteiger partial charge in [0, 0.05) is 52.9 Å². The SMILES string of the molecule is CN=C(NCCCN1CCN(c2ccccc2F)CC1)N1CCC(C(=O)OC)CC1. The zero-order valence-corrected chi connectivity index (χ0v) is 18.1. The van der Waals surface area contributed by atoms with Gasteiger partial charge in [-0.25, -0.2) is 4.39 Å². The van der Waals surface area contributed by atoms with Crippen LogP contribution in [0.2, 0.25) is 0 Å². The lowest BCUT2D eigenvalue weighted by atomic mass is 9.97. The summed E-state index contributed by atoms with van der Waals surface area (Å²) in [6, 6.07) is 7.01. The number of halogens is 1. The number of para-hydroxylation sites is 1. The largest absolute Gasteiger partial charge is 0.469 e. The summed E-state index contributed by atoms with van der Waals surface area (Å²) >= 11 is 0. The van der Waals surface area contributed by atoms with Crippen molar-refractivity contribution in [2.75, 3.05) is 71.4 Å². The number of anilines is 1. The molecule has 0 aromatic heterocycles. The van der Waals surface area contributed by atoms with E-state index in [1.54, 1.807) is 13.1 Å². The minimum atomic E-state index is -0.142. The fraction of sp³-hybridized carbons (Fsp3) is 0.636. The van der Waals surface area contributed by atoms with Crippen LogP contribution in [0.1, 0.15) is 19.3 Å². The maximum absolute atomic E-state index is 14.0. The summed E-state index contributed by atoms with van der Waals surface area (Å²) in [6.45, 7) is 7.11. The Labute approximate surface area is 178 Å². The molecule has 2 aliphatic rings. The predicted octanol–water partition coefficient (Wildman–Crippen LogP) is 1.80. The first-order chi connectivity index (χ1) is 14.6. The van der Waals surface area contributed by atoms with Crippen molar-refractivity contribution in [1.29, 1.82) is 0 Å². The van der Waals surface area contributed by atoms with E-state index in [1.807, 2.05) is 12.1 Å². The Morgan fingerprint density at radius 2 is 1.87 bits per heavy atom. The molecule has 0 saturated carbocycles. The molecule has 2 fully saturated rings. The molecule has 0 unspecified atom stereocenters. The Kier molecular flexibility index (Phi) is 8.30. The van der Waals surface area contributed by atoms with Crippen molar-refractivity contribution in [2.45, 2.75) is 19.3 Å². The topological polar surface area (TPSA) is 60.4 Å². The molecule has 0 spiro atoms. The van der Waals surface area contributed by atoms with Crippen LogP contribution in [0.5, 0.6) is 0 Å². The third-order valence-corrected chi connectivity index (χ3v) is 6.04. The standard InChI is InChI=1S/C22H34FN5O2/c1-24-22(28-12-8-18(9-13-28)21(29)30-2)25-10-5-11-26-14-16-27(17-15-26)20-7-4-3-6-19(20)23/h3-4,6-7,18H,5,8-17H2,1-2H3,(H,24,25). The molecule has 2 aliphatic heterocycles. The average Bonchev–Trinajstić information content (AvgIpc) is 2.79. The number of methoxy groups -OCH3 is 1. The number of hydrogen-bond donors (Lipinski definition) is 1. The lowest BCUT2D eigenvalue weighted by Gasteiger charge is -2.36. The number of ether oxygens (including phenoxy) is 1. The number of aliphatic imine (C=N–C) groups is 1. The first-order valence-corrected chi connectivity index (χ1v) is 10.9. The smallest absolute Gasteiger partial charge is 0.308 e. The Morgan fingerprint density at radius 3 is 2.50 bits per heavy atom. The first-order valence-electron chi connectivity index (χ1n) is 10.9. The lowest BCUT2D eigenvalue weighted by Crippen LogP contribution is -2.48. The van der Waals surface area contributed by atoms with Gasteiger partial charge in [0.1, 0.15) is 5.82 Å². The van der Waals surface area contributed by atoms with Crippen LogP contribution in [-0.4, -0.2) is 88.2 Å². The summed E-state index contributed by atoms with van der Waals surface area (Å²) in [4.78, 5) is 22.9. The molecule has 3 rings (SSSR count). The van der Waals surface area contributed by atoms with Gasteiger partial charge in [0.05, 0.1) is 18.7 Å². The molecule has 8 heteroatoms. The third kappa shape index (κ3) is 5.84. The second kappa shape index (κ2) is 11.2. The van der Waals surface area contributed by atoms with Crippen LogP contribution < -0.4 is 10.2 Å². The van der Waals surface area contributed by atoms with Crippen molar-refractivity contribution >= 4 is 17.6 Å². The van der Waals surface area contributed by atoms with Crippen LogP contribution in [0.3, 0.4) is 0 Å². The number of guanidine groups is 1. The van der Waals surface area contributed by atoms with Gasteiger partial charge in [-0.15, -0.1) is 0 Å². The van der Waals surface area contributed by atoms with Crippen LogP contribution in [0, 0.1) is 11.7 Å². The second-order valence-electron chi connectivity index (χ2n) is 7.89. The maximum Gasteiger partial charge on any atom is 0.308 e. The Hall–Kier alpha value is -2.35. The van der Waals surface area contributed by atoms with E-state index < -0.39 is 0 Å². The molecule has 1 aromatic rings. The number of carbonyl (C=O) groups is 1. The molecular weight excluding hydrogens is 385 g/mol. The van der Waals surface area contributed by atoms with Crippen LogP contribution in [0.4, 0.5) is 10.1 Å². The van der Waals surface area contributed by atoms with Crippen LogP contribution >= 0.6 is 0 Å². The maximum atomic E-state index is 14.0. The molecule has 1 N–H and O–H groups in total. The number of carbonyl (C=O) groups excluding carboxylic acids is 1. The lowest BCUT2D eigenvalue weighted by molar-refractivity contribution is -0.146. The summed E-state index contributed by atoms with van der Waals surface area (Å²) in [7, 11) is 3.26. The highest BCUT2D eigenvalue weighted by Crippen LogP contribution is 2.20. The highest BCUT2D eigenvalue weighted by Gasteiger charge is 2.27. The quantitative estimate of drug-likeness (QED) is 0.328. The molecule has 0 radical (unpaired) electrons. The van der Waals surface area contributed by atoms with Gasteiger partial charge < -0.3 is 19.9 Å². The molecule has 1 aromatic carbocycles. The molecule has 7 nitrogen and oxygen atoms in total. The zero-order chi connectivity index (χ0) is 21.3. The van der Waals surface area contributed by atoms with Gasteiger partial charge in [-0.3, -0.25) is 14.7 Å². The molecule has 2 heterocycles. The Morgan fingerprint density at radius 1 is 1.17 bits per heavy atom. The van der Waals surface area contributed by atoms with E-state index in [9.17, 15) is 9.18 Å². The van der Waals surface area contributed by atoms with Crippen LogP contribution in [0.25, 0.3) is 0 Å². The summed E-state index contributed by atoms with van der Waals surface area (Å²) < 4.78 is 18.8.